The molecule has 0 radical (unpaired) electrons. The van der Waals surface area contributed by atoms with Gasteiger partial charge in [0.05, 0.1) is 35.4 Å². The van der Waals surface area contributed by atoms with Crippen LogP contribution in [0.3, 0.4) is 0 Å². The van der Waals surface area contributed by atoms with E-state index >= 15 is 0 Å². The standard InChI is InChI=1S/C12H14ClN3O3S2/c1-6-10(13)9-11(14-5-15-12(9)21-6)20-4-8(19)16-7(2-17)3-18/h5,7,17-18H,2-4H2,1H3,(H,16,19). The van der Waals surface area contributed by atoms with Gasteiger partial charge in [-0.3, -0.25) is 4.79 Å². The molecule has 0 aliphatic carbocycles. The lowest BCUT2D eigenvalue weighted by Gasteiger charge is -2.12. The van der Waals surface area contributed by atoms with Crippen LogP contribution in [0.1, 0.15) is 4.88 Å². The number of carbonyl (C=O) groups is 1. The van der Waals surface area contributed by atoms with Crippen molar-refractivity contribution in [1.82, 2.24) is 15.3 Å². The first-order chi connectivity index (χ1) is 10.1. The Kier molecular flexibility index (Phi) is 5.77. The Morgan fingerprint density at radius 3 is 2.86 bits per heavy atom. The molecule has 2 aromatic heterocycles. The SMILES string of the molecule is Cc1sc2ncnc(SCC(=O)NC(CO)CO)c2c1Cl. The first-order valence-corrected chi connectivity index (χ1v) is 8.28. The molecule has 0 saturated heterocycles. The predicted molar refractivity (Wildman–Crippen MR) is 84.0 cm³/mol. The third-order valence-corrected chi connectivity index (χ3v) is 5.29. The molecular formula is C12H14ClN3O3S2. The van der Waals surface area contributed by atoms with E-state index in [2.05, 4.69) is 15.3 Å². The van der Waals surface area contributed by atoms with Gasteiger partial charge in [0, 0.05) is 4.88 Å². The van der Waals surface area contributed by atoms with Gasteiger partial charge < -0.3 is 15.5 Å². The fourth-order valence-corrected chi connectivity index (χ4v) is 3.82. The van der Waals surface area contributed by atoms with Crippen molar-refractivity contribution in [2.45, 2.75) is 18.0 Å². The van der Waals surface area contributed by atoms with Crippen LogP contribution < -0.4 is 5.32 Å². The Balaban J connectivity index is 2.08. The van der Waals surface area contributed by atoms with E-state index in [-0.39, 0.29) is 24.9 Å². The van der Waals surface area contributed by atoms with E-state index in [1.165, 1.54) is 29.4 Å². The largest absolute Gasteiger partial charge is 0.394 e. The minimum atomic E-state index is -0.643. The molecule has 2 rings (SSSR count). The topological polar surface area (TPSA) is 95.3 Å². The zero-order valence-electron chi connectivity index (χ0n) is 11.2. The number of aliphatic hydroxyl groups excluding tert-OH is 2. The average Bonchev–Trinajstić information content (AvgIpc) is 2.78. The quantitative estimate of drug-likeness (QED) is 0.537. The third kappa shape index (κ3) is 3.83. The van der Waals surface area contributed by atoms with Crippen molar-refractivity contribution in [3.8, 4) is 0 Å². The summed E-state index contributed by atoms with van der Waals surface area (Å²) in [6.45, 7) is 1.29. The van der Waals surface area contributed by atoms with Crippen LogP contribution in [-0.2, 0) is 4.79 Å². The van der Waals surface area contributed by atoms with E-state index in [1.807, 2.05) is 6.92 Å². The molecule has 21 heavy (non-hydrogen) atoms. The molecule has 2 heterocycles. The molecule has 3 N–H and O–H groups in total. The van der Waals surface area contributed by atoms with E-state index in [1.54, 1.807) is 0 Å². The smallest absolute Gasteiger partial charge is 0.230 e. The van der Waals surface area contributed by atoms with E-state index in [4.69, 9.17) is 21.8 Å². The number of nitrogens with one attached hydrogen (secondary N) is 1. The number of thioether (sulfide) groups is 1. The number of halogens is 1. The molecule has 2 aromatic rings. The maximum absolute atomic E-state index is 11.7. The van der Waals surface area contributed by atoms with Gasteiger partial charge in [0.15, 0.2) is 0 Å². The number of carbonyl (C=O) groups excluding carboxylic acids is 1. The normalized spacial score (nSPS) is 11.3. The molecule has 6 nitrogen and oxygen atoms in total. The number of aromatic nitrogens is 2. The molecule has 0 aliphatic heterocycles. The zero-order chi connectivity index (χ0) is 15.4. The van der Waals surface area contributed by atoms with Gasteiger partial charge in [0.25, 0.3) is 0 Å². The van der Waals surface area contributed by atoms with Gasteiger partial charge in [0.1, 0.15) is 16.2 Å². The molecule has 0 fully saturated rings. The van der Waals surface area contributed by atoms with Crippen molar-refractivity contribution in [2.75, 3.05) is 19.0 Å². The van der Waals surface area contributed by atoms with Crippen LogP contribution in [0.15, 0.2) is 11.4 Å². The first kappa shape index (κ1) is 16.4. The second-order valence-corrected chi connectivity index (χ2v) is 6.79. The minimum absolute atomic E-state index is 0.119. The summed E-state index contributed by atoms with van der Waals surface area (Å²) in [6.07, 6.45) is 1.44. The number of aryl methyl sites for hydroxylation is 1. The van der Waals surface area contributed by atoms with Crippen LogP contribution in [0, 0.1) is 6.92 Å². The summed E-state index contributed by atoms with van der Waals surface area (Å²) in [6, 6.07) is -0.643. The van der Waals surface area contributed by atoms with Crippen molar-refractivity contribution in [3.05, 3.63) is 16.2 Å². The van der Waals surface area contributed by atoms with Gasteiger partial charge in [-0.25, -0.2) is 9.97 Å². The number of aliphatic hydroxyl groups is 2. The highest BCUT2D eigenvalue weighted by Gasteiger charge is 2.16. The lowest BCUT2D eigenvalue weighted by atomic mass is 10.3. The lowest BCUT2D eigenvalue weighted by molar-refractivity contribution is -0.119. The van der Waals surface area contributed by atoms with Crippen molar-refractivity contribution >= 4 is 50.8 Å². The Morgan fingerprint density at radius 1 is 1.48 bits per heavy atom. The predicted octanol–water partition coefficient (Wildman–Crippen LogP) is 1.21. The second kappa shape index (κ2) is 7.37. The molecule has 1 amide bonds. The molecule has 0 unspecified atom stereocenters. The fraction of sp³-hybridized carbons (Fsp3) is 0.417. The van der Waals surface area contributed by atoms with Crippen LogP contribution in [0.5, 0.6) is 0 Å². The summed E-state index contributed by atoms with van der Waals surface area (Å²) in [5.41, 5.74) is 0. The number of nitrogens with zero attached hydrogens (tertiary/aromatic N) is 2. The Labute approximate surface area is 134 Å². The Hall–Kier alpha value is -0.930. The van der Waals surface area contributed by atoms with E-state index < -0.39 is 6.04 Å². The molecular weight excluding hydrogens is 334 g/mol. The summed E-state index contributed by atoms with van der Waals surface area (Å²) in [7, 11) is 0. The lowest BCUT2D eigenvalue weighted by Crippen LogP contribution is -2.40. The molecule has 0 aromatic carbocycles. The highest BCUT2D eigenvalue weighted by molar-refractivity contribution is 8.00. The summed E-state index contributed by atoms with van der Waals surface area (Å²) in [5, 5.41) is 22.4. The molecule has 0 atom stereocenters. The van der Waals surface area contributed by atoms with Gasteiger partial charge in [-0.05, 0) is 6.92 Å². The van der Waals surface area contributed by atoms with Crippen LogP contribution in [0.4, 0.5) is 0 Å². The number of rotatable bonds is 6. The van der Waals surface area contributed by atoms with E-state index in [0.717, 1.165) is 15.1 Å². The van der Waals surface area contributed by atoms with E-state index in [9.17, 15) is 4.79 Å². The van der Waals surface area contributed by atoms with Crippen LogP contribution in [-0.4, -0.2) is 51.1 Å². The minimum Gasteiger partial charge on any atom is -0.394 e. The molecule has 9 heteroatoms. The van der Waals surface area contributed by atoms with Crippen molar-refractivity contribution < 1.29 is 15.0 Å². The fourth-order valence-electron chi connectivity index (χ4n) is 1.65. The van der Waals surface area contributed by atoms with Gasteiger partial charge in [0.2, 0.25) is 5.91 Å². The number of fused-ring (bicyclic) bond motifs is 1. The molecule has 0 saturated carbocycles. The zero-order valence-corrected chi connectivity index (χ0v) is 13.6. The Morgan fingerprint density at radius 2 is 2.19 bits per heavy atom. The summed E-state index contributed by atoms with van der Waals surface area (Å²) in [5.74, 6) is -0.170. The first-order valence-electron chi connectivity index (χ1n) is 6.10. The molecule has 0 bridgehead atoms. The van der Waals surface area contributed by atoms with Crippen molar-refractivity contribution in [1.29, 1.82) is 0 Å². The maximum atomic E-state index is 11.7. The van der Waals surface area contributed by atoms with E-state index in [0.29, 0.717) is 10.0 Å². The van der Waals surface area contributed by atoms with Crippen LogP contribution >= 0.6 is 34.7 Å². The van der Waals surface area contributed by atoms with Gasteiger partial charge in [-0.1, -0.05) is 23.4 Å². The maximum Gasteiger partial charge on any atom is 0.230 e. The van der Waals surface area contributed by atoms with Crippen LogP contribution in [0.2, 0.25) is 5.02 Å². The van der Waals surface area contributed by atoms with Crippen molar-refractivity contribution in [2.24, 2.45) is 0 Å². The molecule has 114 valence electrons. The highest BCUT2D eigenvalue weighted by atomic mass is 35.5. The number of hydrogen-bond acceptors (Lipinski definition) is 7. The average molecular weight is 348 g/mol. The molecule has 0 aliphatic rings. The number of hydrogen-bond donors (Lipinski definition) is 3. The number of amides is 1. The number of thiophene rings is 1. The highest BCUT2D eigenvalue weighted by Crippen LogP contribution is 2.37. The summed E-state index contributed by atoms with van der Waals surface area (Å²) in [4.78, 5) is 21.8. The van der Waals surface area contributed by atoms with Gasteiger partial charge in [-0.15, -0.1) is 11.3 Å². The second-order valence-electron chi connectivity index (χ2n) is 4.25. The summed E-state index contributed by atoms with van der Waals surface area (Å²) < 4.78 is 0. The summed E-state index contributed by atoms with van der Waals surface area (Å²) >= 11 is 8.97. The van der Waals surface area contributed by atoms with Crippen LogP contribution in [0.25, 0.3) is 10.2 Å². The monoisotopic (exact) mass is 347 g/mol. The van der Waals surface area contributed by atoms with Crippen molar-refractivity contribution in [3.63, 3.8) is 0 Å². The molecule has 0 spiro atoms. The third-order valence-electron chi connectivity index (χ3n) is 2.70. The van der Waals surface area contributed by atoms with Gasteiger partial charge in [-0.2, -0.15) is 0 Å². The Bertz CT molecular complexity index is 646. The van der Waals surface area contributed by atoms with Gasteiger partial charge >= 0.3 is 0 Å².